The first-order chi connectivity index (χ1) is 11.2. The number of aliphatic hydroxyl groups excluding tert-OH is 1. The number of aromatic nitrogens is 3. The highest BCUT2D eigenvalue weighted by atomic mass is 32.1. The average molecular weight is 326 g/mol. The van der Waals surface area contributed by atoms with Crippen LogP contribution in [0.25, 0.3) is 21.3 Å². The van der Waals surface area contributed by atoms with Crippen LogP contribution < -0.4 is 0 Å². The van der Waals surface area contributed by atoms with Crippen LogP contribution in [0.4, 0.5) is 0 Å². The summed E-state index contributed by atoms with van der Waals surface area (Å²) in [6.07, 6.45) is 4.42. The van der Waals surface area contributed by atoms with Crippen molar-refractivity contribution in [3.05, 3.63) is 23.5 Å². The van der Waals surface area contributed by atoms with Crippen molar-refractivity contribution in [2.75, 3.05) is 0 Å². The number of fused-ring (bicyclic) bond motifs is 3. The first-order valence-corrected chi connectivity index (χ1v) is 8.82. The number of hydrogen-bond acceptors (Lipinski definition) is 5. The Morgan fingerprint density at radius 3 is 3.09 bits per heavy atom. The van der Waals surface area contributed by atoms with Crippen LogP contribution in [0.3, 0.4) is 0 Å². The predicted molar refractivity (Wildman–Crippen MR) is 90.3 cm³/mol. The van der Waals surface area contributed by atoms with Gasteiger partial charge in [-0.3, -0.25) is 4.98 Å². The van der Waals surface area contributed by atoms with Gasteiger partial charge in [0, 0.05) is 12.5 Å². The highest BCUT2D eigenvalue weighted by molar-refractivity contribution is 7.18. The second-order valence-electron chi connectivity index (χ2n) is 6.31. The zero-order valence-corrected chi connectivity index (χ0v) is 13.8. The third-order valence-electron chi connectivity index (χ3n) is 4.95. The number of imidazole rings is 1. The minimum atomic E-state index is -0.411. The molecule has 1 aliphatic rings. The molecular formula is C17H18N4OS. The Morgan fingerprint density at radius 1 is 1.43 bits per heavy atom. The lowest BCUT2D eigenvalue weighted by Gasteiger charge is -2.33. The van der Waals surface area contributed by atoms with Gasteiger partial charge in [-0.15, -0.1) is 11.3 Å². The monoisotopic (exact) mass is 326 g/mol. The molecule has 3 aromatic rings. The summed E-state index contributed by atoms with van der Waals surface area (Å²) in [4.78, 5) is 9.14. The molecule has 0 saturated heterocycles. The fourth-order valence-corrected chi connectivity index (χ4v) is 4.71. The Bertz CT molecular complexity index is 906. The van der Waals surface area contributed by atoms with Crippen molar-refractivity contribution in [2.45, 2.75) is 44.8 Å². The van der Waals surface area contributed by atoms with Crippen LogP contribution >= 0.6 is 11.3 Å². The third-order valence-corrected chi connectivity index (χ3v) is 5.86. The maximum Gasteiger partial charge on any atom is 0.109 e. The predicted octanol–water partition coefficient (Wildman–Crippen LogP) is 3.57. The summed E-state index contributed by atoms with van der Waals surface area (Å²) in [5.74, 6) is 1.08. The van der Waals surface area contributed by atoms with E-state index in [0.717, 1.165) is 39.9 Å². The Hall–Kier alpha value is -1.97. The lowest BCUT2D eigenvalue weighted by Crippen LogP contribution is -2.31. The first kappa shape index (κ1) is 14.6. The fourth-order valence-electron chi connectivity index (χ4n) is 3.82. The summed E-state index contributed by atoms with van der Waals surface area (Å²) in [7, 11) is 0. The van der Waals surface area contributed by atoms with Crippen LogP contribution in [-0.2, 0) is 0 Å². The molecule has 0 radical (unpaired) electrons. The van der Waals surface area contributed by atoms with Crippen LogP contribution in [0, 0.1) is 24.2 Å². The van der Waals surface area contributed by atoms with E-state index >= 15 is 0 Å². The van der Waals surface area contributed by atoms with Gasteiger partial charge in [-0.1, -0.05) is 0 Å². The molecule has 6 heteroatoms. The Labute approximate surface area is 138 Å². The SMILES string of the molecule is Cc1nc2cnc3ccsc3c2n1[C@@H]1CC[C@@H](CC#N)[C@H](O)C1. The molecule has 0 spiro atoms. The molecule has 0 bridgehead atoms. The van der Waals surface area contributed by atoms with Gasteiger partial charge in [-0.2, -0.15) is 5.26 Å². The molecule has 118 valence electrons. The van der Waals surface area contributed by atoms with E-state index < -0.39 is 6.10 Å². The van der Waals surface area contributed by atoms with Crippen molar-refractivity contribution >= 4 is 32.6 Å². The Balaban J connectivity index is 1.79. The molecule has 4 rings (SSSR count). The van der Waals surface area contributed by atoms with Crippen LogP contribution in [0.2, 0.25) is 0 Å². The van der Waals surface area contributed by atoms with Crippen molar-refractivity contribution < 1.29 is 5.11 Å². The number of aryl methyl sites for hydroxylation is 1. The summed E-state index contributed by atoms with van der Waals surface area (Å²) >= 11 is 1.69. The summed E-state index contributed by atoms with van der Waals surface area (Å²) in [6.45, 7) is 2.02. The number of aliphatic hydroxyl groups is 1. The van der Waals surface area contributed by atoms with Crippen molar-refractivity contribution in [2.24, 2.45) is 5.92 Å². The van der Waals surface area contributed by atoms with Crippen LogP contribution in [-0.4, -0.2) is 25.7 Å². The van der Waals surface area contributed by atoms with E-state index in [1.807, 2.05) is 19.2 Å². The number of nitrogens with zero attached hydrogens (tertiary/aromatic N) is 4. The Morgan fingerprint density at radius 2 is 2.30 bits per heavy atom. The quantitative estimate of drug-likeness (QED) is 0.781. The number of pyridine rings is 1. The third kappa shape index (κ3) is 2.32. The van der Waals surface area contributed by atoms with Crippen molar-refractivity contribution in [3.63, 3.8) is 0 Å². The smallest absolute Gasteiger partial charge is 0.109 e. The second kappa shape index (κ2) is 5.59. The molecule has 23 heavy (non-hydrogen) atoms. The molecule has 1 saturated carbocycles. The fraction of sp³-hybridized carbons (Fsp3) is 0.471. The van der Waals surface area contributed by atoms with E-state index in [1.165, 1.54) is 0 Å². The molecule has 0 aromatic carbocycles. The van der Waals surface area contributed by atoms with Crippen molar-refractivity contribution in [1.29, 1.82) is 5.26 Å². The molecule has 1 aliphatic carbocycles. The summed E-state index contributed by atoms with van der Waals surface area (Å²) in [6, 6.07) is 4.46. The van der Waals surface area contributed by atoms with E-state index in [4.69, 9.17) is 5.26 Å². The minimum absolute atomic E-state index is 0.106. The van der Waals surface area contributed by atoms with Gasteiger partial charge in [-0.25, -0.2) is 4.98 Å². The second-order valence-corrected chi connectivity index (χ2v) is 7.23. The molecule has 3 atom stereocenters. The number of nitriles is 1. The number of hydrogen-bond donors (Lipinski definition) is 1. The maximum absolute atomic E-state index is 10.4. The van der Waals surface area contributed by atoms with Gasteiger partial charge in [0.15, 0.2) is 0 Å². The highest BCUT2D eigenvalue weighted by Crippen LogP contribution is 2.38. The molecule has 1 N–H and O–H groups in total. The van der Waals surface area contributed by atoms with Gasteiger partial charge in [-0.05, 0) is 43.6 Å². The minimum Gasteiger partial charge on any atom is -0.393 e. The van der Waals surface area contributed by atoms with Crippen LogP contribution in [0.1, 0.15) is 37.5 Å². The molecule has 5 nitrogen and oxygen atoms in total. The number of rotatable bonds is 2. The van der Waals surface area contributed by atoms with Gasteiger partial charge in [0.1, 0.15) is 11.3 Å². The van der Waals surface area contributed by atoms with E-state index in [-0.39, 0.29) is 12.0 Å². The normalized spacial score (nSPS) is 25.0. The zero-order chi connectivity index (χ0) is 16.0. The van der Waals surface area contributed by atoms with E-state index in [9.17, 15) is 5.11 Å². The Kier molecular flexibility index (Phi) is 3.55. The molecule has 0 amide bonds. The standard InChI is InChI=1S/C17H18N4OS/c1-10-20-14-9-19-13-5-7-23-17(13)16(14)21(10)12-3-2-11(4-6-18)15(22)8-12/h5,7,9,11-12,15,22H,2-4,8H2,1H3/t11-,12+,15+/m0/s1. The molecule has 1 fully saturated rings. The average Bonchev–Trinajstić information content (AvgIpc) is 3.12. The molecule has 3 heterocycles. The van der Waals surface area contributed by atoms with E-state index in [2.05, 4.69) is 26.0 Å². The largest absolute Gasteiger partial charge is 0.393 e. The topological polar surface area (TPSA) is 74.7 Å². The van der Waals surface area contributed by atoms with E-state index in [0.29, 0.717) is 12.8 Å². The molecular weight excluding hydrogens is 308 g/mol. The van der Waals surface area contributed by atoms with Gasteiger partial charge in [0.25, 0.3) is 0 Å². The van der Waals surface area contributed by atoms with Gasteiger partial charge in [0.05, 0.1) is 34.1 Å². The lowest BCUT2D eigenvalue weighted by atomic mass is 9.82. The summed E-state index contributed by atoms with van der Waals surface area (Å²) in [5.41, 5.74) is 3.06. The number of thiophene rings is 1. The van der Waals surface area contributed by atoms with Crippen LogP contribution in [0.5, 0.6) is 0 Å². The zero-order valence-electron chi connectivity index (χ0n) is 12.9. The summed E-state index contributed by atoms with van der Waals surface area (Å²) < 4.78 is 3.44. The summed E-state index contributed by atoms with van der Waals surface area (Å²) in [5, 5.41) is 21.4. The highest BCUT2D eigenvalue weighted by Gasteiger charge is 2.31. The van der Waals surface area contributed by atoms with Gasteiger partial charge in [0.2, 0.25) is 0 Å². The van der Waals surface area contributed by atoms with Gasteiger partial charge < -0.3 is 9.67 Å². The van der Waals surface area contributed by atoms with E-state index in [1.54, 1.807) is 11.3 Å². The van der Waals surface area contributed by atoms with Crippen LogP contribution in [0.15, 0.2) is 17.6 Å². The molecule has 3 aromatic heterocycles. The molecule has 0 aliphatic heterocycles. The van der Waals surface area contributed by atoms with Crippen molar-refractivity contribution in [1.82, 2.24) is 14.5 Å². The maximum atomic E-state index is 10.4. The van der Waals surface area contributed by atoms with Gasteiger partial charge >= 0.3 is 0 Å². The van der Waals surface area contributed by atoms with Crippen molar-refractivity contribution in [3.8, 4) is 6.07 Å². The lowest BCUT2D eigenvalue weighted by molar-refractivity contribution is 0.0501. The first-order valence-electron chi connectivity index (χ1n) is 7.94. The molecule has 0 unspecified atom stereocenters.